The maximum Gasteiger partial charge on any atom is 0.0541 e. The van der Waals surface area contributed by atoms with Crippen molar-refractivity contribution in [1.82, 2.24) is 4.57 Å². The molecule has 0 amide bonds. The molecule has 0 fully saturated rings. The van der Waals surface area contributed by atoms with Crippen molar-refractivity contribution >= 4 is 21.8 Å². The third-order valence-corrected chi connectivity index (χ3v) is 6.58. The van der Waals surface area contributed by atoms with Crippen LogP contribution in [0.5, 0.6) is 0 Å². The van der Waals surface area contributed by atoms with Crippen LogP contribution in [0.25, 0.3) is 49.7 Å². The average molecular weight is 424 g/mol. The van der Waals surface area contributed by atoms with Crippen LogP contribution in [0.4, 0.5) is 0 Å². The third-order valence-electron chi connectivity index (χ3n) is 6.58. The van der Waals surface area contributed by atoms with Crippen LogP contribution in [0.15, 0.2) is 121 Å². The molecular formula is C32H25N. The Morgan fingerprint density at radius 1 is 0.485 bits per heavy atom. The van der Waals surface area contributed by atoms with Gasteiger partial charge in [0.25, 0.3) is 0 Å². The molecule has 0 aliphatic rings. The molecule has 0 bridgehead atoms. The number of nitrogens with zero attached hydrogens (tertiary/aromatic N) is 1. The average Bonchev–Trinajstić information content (AvgIpc) is 3.23. The van der Waals surface area contributed by atoms with Crippen molar-refractivity contribution < 1.29 is 0 Å². The lowest BCUT2D eigenvalue weighted by molar-refractivity contribution is 1.14. The zero-order chi connectivity index (χ0) is 22.2. The zero-order valence-electron chi connectivity index (χ0n) is 18.7. The molecule has 0 aliphatic heterocycles. The lowest BCUT2D eigenvalue weighted by Gasteiger charge is -2.11. The van der Waals surface area contributed by atoms with Gasteiger partial charge in [-0.2, -0.15) is 0 Å². The van der Waals surface area contributed by atoms with Gasteiger partial charge in [0.15, 0.2) is 0 Å². The first-order valence-electron chi connectivity index (χ1n) is 11.6. The molecule has 6 rings (SSSR count). The van der Waals surface area contributed by atoms with E-state index in [1.807, 2.05) is 0 Å². The number of hydrogen-bond acceptors (Lipinski definition) is 0. The van der Waals surface area contributed by atoms with Crippen LogP contribution in [0.2, 0.25) is 0 Å². The molecule has 33 heavy (non-hydrogen) atoms. The van der Waals surface area contributed by atoms with Crippen LogP contribution >= 0.6 is 0 Å². The van der Waals surface area contributed by atoms with E-state index in [-0.39, 0.29) is 0 Å². The van der Waals surface area contributed by atoms with E-state index in [9.17, 15) is 0 Å². The van der Waals surface area contributed by atoms with E-state index in [0.717, 1.165) is 6.42 Å². The molecule has 0 spiro atoms. The van der Waals surface area contributed by atoms with Gasteiger partial charge in [0.05, 0.1) is 11.0 Å². The molecule has 5 aromatic carbocycles. The molecule has 0 N–H and O–H groups in total. The molecule has 0 radical (unpaired) electrons. The lowest BCUT2D eigenvalue weighted by atomic mass is 9.98. The number of aryl methyl sites for hydroxylation is 1. The van der Waals surface area contributed by atoms with Gasteiger partial charge in [-0.3, -0.25) is 0 Å². The van der Waals surface area contributed by atoms with Crippen LogP contribution < -0.4 is 0 Å². The Labute approximate surface area is 194 Å². The summed E-state index contributed by atoms with van der Waals surface area (Å²) in [5.41, 5.74) is 9.98. The summed E-state index contributed by atoms with van der Waals surface area (Å²) in [4.78, 5) is 0. The molecular weight excluding hydrogens is 398 g/mol. The molecule has 158 valence electrons. The highest BCUT2D eigenvalue weighted by molar-refractivity contribution is 6.09. The van der Waals surface area contributed by atoms with E-state index in [1.54, 1.807) is 0 Å². The van der Waals surface area contributed by atoms with Crippen LogP contribution in [-0.4, -0.2) is 4.57 Å². The monoisotopic (exact) mass is 423 g/mol. The molecule has 0 unspecified atom stereocenters. The van der Waals surface area contributed by atoms with Gasteiger partial charge in [-0.25, -0.2) is 0 Å². The highest BCUT2D eigenvalue weighted by Gasteiger charge is 2.12. The minimum Gasteiger partial charge on any atom is -0.309 e. The number of benzene rings is 5. The first-order valence-corrected chi connectivity index (χ1v) is 11.6. The molecule has 0 atom stereocenters. The maximum atomic E-state index is 2.38. The first-order chi connectivity index (χ1) is 16.3. The van der Waals surface area contributed by atoms with Gasteiger partial charge in [-0.1, -0.05) is 97.9 Å². The van der Waals surface area contributed by atoms with E-state index in [0.29, 0.717) is 0 Å². The molecule has 6 aromatic rings. The fraction of sp³-hybridized carbons (Fsp3) is 0.0625. The van der Waals surface area contributed by atoms with Crippen molar-refractivity contribution in [3.05, 3.63) is 127 Å². The predicted molar refractivity (Wildman–Crippen MR) is 141 cm³/mol. The van der Waals surface area contributed by atoms with Gasteiger partial charge in [0.2, 0.25) is 0 Å². The van der Waals surface area contributed by atoms with Crippen molar-refractivity contribution in [1.29, 1.82) is 0 Å². The van der Waals surface area contributed by atoms with Crippen molar-refractivity contribution in [3.8, 4) is 27.9 Å². The third kappa shape index (κ3) is 3.43. The summed E-state index contributed by atoms with van der Waals surface area (Å²) in [6.07, 6.45) is 1.07. The highest BCUT2D eigenvalue weighted by Crippen LogP contribution is 2.33. The Morgan fingerprint density at radius 3 is 1.67 bits per heavy atom. The summed E-state index contributed by atoms with van der Waals surface area (Å²) < 4.78 is 2.38. The minimum atomic E-state index is 1.07. The summed E-state index contributed by atoms with van der Waals surface area (Å²) >= 11 is 0. The minimum absolute atomic E-state index is 1.07. The number of aromatic nitrogens is 1. The lowest BCUT2D eigenvalue weighted by Crippen LogP contribution is -1.94. The van der Waals surface area contributed by atoms with Crippen molar-refractivity contribution in [2.24, 2.45) is 0 Å². The molecule has 0 saturated carbocycles. The maximum absolute atomic E-state index is 2.38. The van der Waals surface area contributed by atoms with Crippen molar-refractivity contribution in [2.45, 2.75) is 13.3 Å². The Morgan fingerprint density at radius 2 is 1.03 bits per heavy atom. The Hall–Kier alpha value is -4.10. The number of fused-ring (bicyclic) bond motifs is 3. The quantitative estimate of drug-likeness (QED) is 0.267. The van der Waals surface area contributed by atoms with Crippen LogP contribution in [0, 0.1) is 0 Å². The summed E-state index contributed by atoms with van der Waals surface area (Å²) in [5, 5.41) is 2.58. The Balaban J connectivity index is 1.47. The fourth-order valence-electron chi connectivity index (χ4n) is 4.84. The number of para-hydroxylation sites is 2. The van der Waals surface area contributed by atoms with Gasteiger partial charge in [-0.15, -0.1) is 0 Å². The smallest absolute Gasteiger partial charge is 0.0541 e. The Bertz CT molecular complexity index is 1530. The van der Waals surface area contributed by atoms with Crippen LogP contribution in [0.3, 0.4) is 0 Å². The van der Waals surface area contributed by atoms with Crippen molar-refractivity contribution in [2.75, 3.05) is 0 Å². The molecule has 1 aromatic heterocycles. The summed E-state index contributed by atoms with van der Waals surface area (Å²) in [6, 6.07) is 44.0. The predicted octanol–water partition coefficient (Wildman–Crippen LogP) is 8.68. The summed E-state index contributed by atoms with van der Waals surface area (Å²) in [5.74, 6) is 0. The standard InChI is InChI=1S/C32H25N/c1-2-23-17-19-24(20-18-23)25-9-7-10-26(21-25)27-11-8-12-28(22-27)33-31-15-5-3-13-29(31)30-14-4-6-16-32(30)33/h3-22H,2H2,1H3. The molecule has 1 nitrogen and oxygen atoms in total. The zero-order valence-corrected chi connectivity index (χ0v) is 18.7. The molecule has 1 heteroatoms. The Kier molecular flexibility index (Phi) is 4.81. The molecule has 0 aliphatic carbocycles. The normalized spacial score (nSPS) is 11.3. The van der Waals surface area contributed by atoms with E-state index in [4.69, 9.17) is 0 Å². The van der Waals surface area contributed by atoms with E-state index < -0.39 is 0 Å². The summed E-state index contributed by atoms with van der Waals surface area (Å²) in [6.45, 7) is 2.19. The van der Waals surface area contributed by atoms with Gasteiger partial charge >= 0.3 is 0 Å². The van der Waals surface area contributed by atoms with Crippen LogP contribution in [0.1, 0.15) is 12.5 Å². The topological polar surface area (TPSA) is 4.93 Å². The van der Waals surface area contributed by atoms with E-state index in [1.165, 1.54) is 55.3 Å². The highest BCUT2D eigenvalue weighted by atomic mass is 15.0. The van der Waals surface area contributed by atoms with Crippen molar-refractivity contribution in [3.63, 3.8) is 0 Å². The largest absolute Gasteiger partial charge is 0.309 e. The van der Waals surface area contributed by atoms with E-state index >= 15 is 0 Å². The van der Waals surface area contributed by atoms with E-state index in [2.05, 4.69) is 133 Å². The van der Waals surface area contributed by atoms with Crippen LogP contribution in [-0.2, 0) is 6.42 Å². The van der Waals surface area contributed by atoms with Gasteiger partial charge in [-0.05, 0) is 64.6 Å². The summed E-state index contributed by atoms with van der Waals surface area (Å²) in [7, 11) is 0. The van der Waals surface area contributed by atoms with Gasteiger partial charge in [0, 0.05) is 16.5 Å². The number of rotatable bonds is 4. The SMILES string of the molecule is CCc1ccc(-c2cccc(-c3cccc(-n4c5ccccc5c5ccccc54)c3)c2)cc1. The first kappa shape index (κ1) is 19.6. The van der Waals surface area contributed by atoms with Gasteiger partial charge in [0.1, 0.15) is 0 Å². The van der Waals surface area contributed by atoms with Gasteiger partial charge < -0.3 is 4.57 Å². The fourth-order valence-corrected chi connectivity index (χ4v) is 4.84. The second-order valence-electron chi connectivity index (χ2n) is 8.55. The molecule has 0 saturated heterocycles. The number of hydrogen-bond donors (Lipinski definition) is 0. The second kappa shape index (κ2) is 8.11. The molecule has 1 heterocycles. The second-order valence-corrected chi connectivity index (χ2v) is 8.55.